The van der Waals surface area contributed by atoms with Crippen LogP contribution in [0.4, 0.5) is 0 Å². The average molecular weight is 182 g/mol. The van der Waals surface area contributed by atoms with Crippen LogP contribution in [0, 0.1) is 0 Å². The summed E-state index contributed by atoms with van der Waals surface area (Å²) < 4.78 is 0. The normalized spacial score (nSPS) is 12.5. The highest BCUT2D eigenvalue weighted by molar-refractivity contribution is 5.96. The first kappa shape index (κ1) is 9.64. The molecule has 72 valence electrons. The minimum Gasteiger partial charge on any atom is -0.494 e. The van der Waals surface area contributed by atoms with E-state index < -0.39 is 0 Å². The van der Waals surface area contributed by atoms with Gasteiger partial charge in [-0.25, -0.2) is 0 Å². The summed E-state index contributed by atoms with van der Waals surface area (Å²) in [6.07, 6.45) is 2.40. The Bertz CT molecular complexity index is 294. The molecule has 1 aromatic rings. The predicted molar refractivity (Wildman–Crippen MR) is 49.7 cm³/mol. The Morgan fingerprint density at radius 2 is 2.46 bits per heavy atom. The molecule has 1 rings (SSSR count). The van der Waals surface area contributed by atoms with Gasteiger partial charge in [0.1, 0.15) is 5.56 Å². The van der Waals surface area contributed by atoms with Gasteiger partial charge in [0.15, 0.2) is 0 Å². The summed E-state index contributed by atoms with van der Waals surface area (Å²) in [7, 11) is 0. The minimum atomic E-state index is -0.242. The molecule has 0 aliphatic rings. The predicted octanol–water partition coefficient (Wildman–Crippen LogP) is 1.25. The molecule has 1 aromatic heterocycles. The highest BCUT2D eigenvalue weighted by Crippen LogP contribution is 2.12. The summed E-state index contributed by atoms with van der Waals surface area (Å²) >= 11 is 0. The smallest absolute Gasteiger partial charge is 0.256 e. The molecule has 0 spiro atoms. The number of amides is 1. The van der Waals surface area contributed by atoms with E-state index in [9.17, 15) is 9.90 Å². The van der Waals surface area contributed by atoms with Crippen LogP contribution < -0.4 is 5.32 Å². The Balaban J connectivity index is 2.64. The molecule has 0 aromatic carbocycles. The maximum absolute atomic E-state index is 11.4. The van der Waals surface area contributed by atoms with Crippen LogP contribution in [0.25, 0.3) is 0 Å². The molecule has 1 heterocycles. The van der Waals surface area contributed by atoms with Gasteiger partial charge in [-0.2, -0.15) is 0 Å². The van der Waals surface area contributed by atoms with E-state index in [-0.39, 0.29) is 17.8 Å². The molecule has 0 fully saturated rings. The number of H-pyrrole nitrogens is 1. The zero-order valence-electron chi connectivity index (χ0n) is 7.79. The number of aromatic amines is 1. The number of carbonyl (C=O) groups is 1. The van der Waals surface area contributed by atoms with Crippen molar-refractivity contribution in [2.45, 2.75) is 26.3 Å². The van der Waals surface area contributed by atoms with Gasteiger partial charge in [-0.1, -0.05) is 6.92 Å². The summed E-state index contributed by atoms with van der Waals surface area (Å²) in [5, 5.41) is 11.9. The average Bonchev–Trinajstić information content (AvgIpc) is 2.51. The van der Waals surface area contributed by atoms with E-state index >= 15 is 0 Å². The van der Waals surface area contributed by atoms with Gasteiger partial charge < -0.3 is 15.4 Å². The lowest BCUT2D eigenvalue weighted by Crippen LogP contribution is -2.31. The van der Waals surface area contributed by atoms with Crippen molar-refractivity contribution in [3.8, 4) is 5.88 Å². The second-order valence-electron chi connectivity index (χ2n) is 3.02. The van der Waals surface area contributed by atoms with E-state index in [2.05, 4.69) is 10.3 Å². The fraction of sp³-hybridized carbons (Fsp3) is 0.444. The van der Waals surface area contributed by atoms with Crippen LogP contribution in [0.5, 0.6) is 5.88 Å². The monoisotopic (exact) mass is 182 g/mol. The van der Waals surface area contributed by atoms with Crippen molar-refractivity contribution in [3.63, 3.8) is 0 Å². The number of carbonyl (C=O) groups excluding carboxylic acids is 1. The summed E-state index contributed by atoms with van der Waals surface area (Å²) in [5.74, 6) is -0.325. The lowest BCUT2D eigenvalue weighted by molar-refractivity contribution is 0.0936. The first-order valence-electron chi connectivity index (χ1n) is 4.32. The largest absolute Gasteiger partial charge is 0.494 e. The van der Waals surface area contributed by atoms with Crippen LogP contribution in [0.3, 0.4) is 0 Å². The first-order valence-corrected chi connectivity index (χ1v) is 4.32. The van der Waals surface area contributed by atoms with Crippen LogP contribution in [0.2, 0.25) is 0 Å². The maximum Gasteiger partial charge on any atom is 0.256 e. The number of aromatic hydroxyl groups is 1. The van der Waals surface area contributed by atoms with Crippen molar-refractivity contribution in [2.75, 3.05) is 0 Å². The quantitative estimate of drug-likeness (QED) is 0.658. The highest BCUT2D eigenvalue weighted by atomic mass is 16.3. The van der Waals surface area contributed by atoms with Crippen LogP contribution in [-0.2, 0) is 0 Å². The molecule has 1 unspecified atom stereocenters. The molecule has 13 heavy (non-hydrogen) atoms. The number of nitrogens with one attached hydrogen (secondary N) is 2. The molecule has 4 nitrogen and oxygen atoms in total. The van der Waals surface area contributed by atoms with Gasteiger partial charge in [0.2, 0.25) is 5.88 Å². The molecular weight excluding hydrogens is 168 g/mol. The van der Waals surface area contributed by atoms with Gasteiger partial charge in [0.05, 0.1) is 0 Å². The summed E-state index contributed by atoms with van der Waals surface area (Å²) in [4.78, 5) is 13.9. The molecule has 1 atom stereocenters. The Labute approximate surface area is 77.0 Å². The molecule has 0 saturated carbocycles. The summed E-state index contributed by atoms with van der Waals surface area (Å²) in [6, 6.07) is 1.68. The zero-order valence-corrected chi connectivity index (χ0v) is 7.79. The molecule has 0 aliphatic heterocycles. The first-order chi connectivity index (χ1) is 6.15. The molecule has 0 saturated heterocycles. The molecule has 4 heteroatoms. The van der Waals surface area contributed by atoms with E-state index in [0.29, 0.717) is 5.56 Å². The van der Waals surface area contributed by atoms with Crippen molar-refractivity contribution in [3.05, 3.63) is 17.8 Å². The number of hydrogen-bond acceptors (Lipinski definition) is 2. The van der Waals surface area contributed by atoms with Crippen molar-refractivity contribution in [1.29, 1.82) is 0 Å². The van der Waals surface area contributed by atoms with Crippen LogP contribution in [0.15, 0.2) is 12.3 Å². The van der Waals surface area contributed by atoms with Gasteiger partial charge in [0, 0.05) is 12.2 Å². The van der Waals surface area contributed by atoms with Crippen molar-refractivity contribution in [1.82, 2.24) is 10.3 Å². The van der Waals surface area contributed by atoms with Gasteiger partial charge in [0.25, 0.3) is 5.91 Å². The third kappa shape index (κ3) is 2.24. The molecular formula is C9H14N2O2. The zero-order chi connectivity index (χ0) is 9.84. The Kier molecular flexibility index (Phi) is 2.95. The van der Waals surface area contributed by atoms with Gasteiger partial charge >= 0.3 is 0 Å². The van der Waals surface area contributed by atoms with Gasteiger partial charge in [-0.15, -0.1) is 0 Å². The second-order valence-corrected chi connectivity index (χ2v) is 3.02. The summed E-state index contributed by atoms with van der Waals surface area (Å²) in [6.45, 7) is 3.91. The molecule has 0 bridgehead atoms. The standard InChI is InChI=1S/C9H14N2O2/c1-3-6(2)11-9(13)7-4-5-10-8(7)12/h4-6,10,12H,3H2,1-2H3,(H,11,13). The van der Waals surface area contributed by atoms with E-state index in [1.54, 1.807) is 6.07 Å². The van der Waals surface area contributed by atoms with Gasteiger partial charge in [-0.05, 0) is 19.4 Å². The van der Waals surface area contributed by atoms with E-state index in [1.807, 2.05) is 13.8 Å². The van der Waals surface area contributed by atoms with Crippen LogP contribution >= 0.6 is 0 Å². The lowest BCUT2D eigenvalue weighted by Gasteiger charge is -2.10. The topological polar surface area (TPSA) is 65.1 Å². The van der Waals surface area contributed by atoms with Gasteiger partial charge in [-0.3, -0.25) is 4.79 Å². The highest BCUT2D eigenvalue weighted by Gasteiger charge is 2.12. The molecule has 0 radical (unpaired) electrons. The third-order valence-electron chi connectivity index (χ3n) is 1.96. The molecule has 0 aliphatic carbocycles. The van der Waals surface area contributed by atoms with Crippen molar-refractivity contribution < 1.29 is 9.90 Å². The van der Waals surface area contributed by atoms with E-state index in [1.165, 1.54) is 6.20 Å². The molecule has 1 amide bonds. The van der Waals surface area contributed by atoms with Crippen molar-refractivity contribution in [2.24, 2.45) is 0 Å². The number of hydrogen-bond donors (Lipinski definition) is 3. The summed E-state index contributed by atoms with van der Waals surface area (Å²) in [5.41, 5.74) is 0.292. The fourth-order valence-electron chi connectivity index (χ4n) is 0.947. The van der Waals surface area contributed by atoms with Crippen LogP contribution in [0.1, 0.15) is 30.6 Å². The SMILES string of the molecule is CCC(C)NC(=O)c1cc[nH]c1O. The fourth-order valence-corrected chi connectivity index (χ4v) is 0.947. The van der Waals surface area contributed by atoms with Crippen LogP contribution in [-0.4, -0.2) is 22.0 Å². The Morgan fingerprint density at radius 3 is 2.92 bits per heavy atom. The molecule has 3 N–H and O–H groups in total. The minimum absolute atomic E-state index is 0.0826. The number of rotatable bonds is 3. The van der Waals surface area contributed by atoms with E-state index in [4.69, 9.17) is 0 Å². The third-order valence-corrected chi connectivity index (χ3v) is 1.96. The second kappa shape index (κ2) is 3.98. The van der Waals surface area contributed by atoms with E-state index in [0.717, 1.165) is 6.42 Å². The lowest BCUT2D eigenvalue weighted by atomic mass is 10.2. The number of aromatic nitrogens is 1. The maximum atomic E-state index is 11.4. The van der Waals surface area contributed by atoms with Crippen molar-refractivity contribution >= 4 is 5.91 Å². The Hall–Kier alpha value is -1.45. The Morgan fingerprint density at radius 1 is 1.77 bits per heavy atom.